The van der Waals surface area contributed by atoms with E-state index in [0.717, 1.165) is 51.9 Å². The molecule has 0 unspecified atom stereocenters. The van der Waals surface area contributed by atoms with E-state index in [0.29, 0.717) is 0 Å². The van der Waals surface area contributed by atoms with Crippen molar-refractivity contribution >= 4 is 11.8 Å². The van der Waals surface area contributed by atoms with Gasteiger partial charge in [-0.3, -0.25) is 9.59 Å². The summed E-state index contributed by atoms with van der Waals surface area (Å²) in [5, 5.41) is 5.96. The van der Waals surface area contributed by atoms with Gasteiger partial charge in [-0.25, -0.2) is 0 Å². The molecule has 0 spiro atoms. The molecule has 17 heavy (non-hydrogen) atoms. The Morgan fingerprint density at radius 1 is 1.24 bits per heavy atom. The maximum Gasteiger partial charge on any atom is 0.241 e. The standard InChI is InChI=1S/C12H21N3O2/c16-11(15-6-1-2-7-15)9-14-12(17)10-4-3-5-13-8-10/h10,13H,1-9H2,(H,14,17)/t10-/m0/s1. The van der Waals surface area contributed by atoms with E-state index in [9.17, 15) is 9.59 Å². The van der Waals surface area contributed by atoms with Gasteiger partial charge in [0.2, 0.25) is 11.8 Å². The summed E-state index contributed by atoms with van der Waals surface area (Å²) < 4.78 is 0. The second kappa shape index (κ2) is 6.00. The van der Waals surface area contributed by atoms with Gasteiger partial charge >= 0.3 is 0 Å². The number of nitrogens with zero attached hydrogens (tertiary/aromatic N) is 1. The minimum atomic E-state index is 0.0183. The average molecular weight is 239 g/mol. The van der Waals surface area contributed by atoms with Crippen LogP contribution >= 0.6 is 0 Å². The third-order valence-electron chi connectivity index (χ3n) is 3.54. The summed E-state index contributed by atoms with van der Waals surface area (Å²) in [6, 6.07) is 0. The third-order valence-corrected chi connectivity index (χ3v) is 3.54. The fourth-order valence-electron chi connectivity index (χ4n) is 2.46. The van der Waals surface area contributed by atoms with Crippen LogP contribution in [0.3, 0.4) is 0 Å². The first-order chi connectivity index (χ1) is 8.27. The van der Waals surface area contributed by atoms with E-state index in [1.165, 1.54) is 0 Å². The van der Waals surface area contributed by atoms with E-state index < -0.39 is 0 Å². The molecule has 0 aromatic heterocycles. The number of nitrogens with one attached hydrogen (secondary N) is 2. The molecule has 0 radical (unpaired) electrons. The van der Waals surface area contributed by atoms with Gasteiger partial charge in [-0.1, -0.05) is 0 Å². The molecule has 2 N–H and O–H groups in total. The molecule has 1 atom stereocenters. The molecule has 2 aliphatic heterocycles. The highest BCUT2D eigenvalue weighted by Gasteiger charge is 2.23. The lowest BCUT2D eigenvalue weighted by molar-refractivity contribution is -0.133. The molecular weight excluding hydrogens is 218 g/mol. The molecule has 0 aliphatic carbocycles. The maximum absolute atomic E-state index is 11.8. The van der Waals surface area contributed by atoms with Crippen LogP contribution in [0, 0.1) is 5.92 Å². The van der Waals surface area contributed by atoms with Crippen molar-refractivity contribution < 1.29 is 9.59 Å². The van der Waals surface area contributed by atoms with Crippen molar-refractivity contribution in [3.05, 3.63) is 0 Å². The van der Waals surface area contributed by atoms with Crippen molar-refractivity contribution in [1.29, 1.82) is 0 Å². The SMILES string of the molecule is O=C(NCC(=O)N1CCCC1)[C@H]1CCCNC1. The first-order valence-corrected chi connectivity index (χ1v) is 6.53. The number of carbonyl (C=O) groups is 2. The van der Waals surface area contributed by atoms with E-state index in [2.05, 4.69) is 10.6 Å². The van der Waals surface area contributed by atoms with Gasteiger partial charge in [-0.05, 0) is 32.2 Å². The Balaban J connectivity index is 1.69. The van der Waals surface area contributed by atoms with Crippen LogP contribution in [0.4, 0.5) is 0 Å². The van der Waals surface area contributed by atoms with Crippen molar-refractivity contribution in [1.82, 2.24) is 15.5 Å². The van der Waals surface area contributed by atoms with Gasteiger partial charge in [-0.15, -0.1) is 0 Å². The molecule has 0 aromatic rings. The summed E-state index contributed by atoms with van der Waals surface area (Å²) >= 11 is 0. The van der Waals surface area contributed by atoms with Crippen molar-refractivity contribution in [2.75, 3.05) is 32.7 Å². The van der Waals surface area contributed by atoms with Crippen LogP contribution in [0.15, 0.2) is 0 Å². The van der Waals surface area contributed by atoms with Gasteiger partial charge in [0, 0.05) is 19.6 Å². The van der Waals surface area contributed by atoms with Crippen molar-refractivity contribution in [3.63, 3.8) is 0 Å². The first-order valence-electron chi connectivity index (χ1n) is 6.53. The smallest absolute Gasteiger partial charge is 0.241 e. The van der Waals surface area contributed by atoms with Gasteiger partial charge in [0.15, 0.2) is 0 Å². The highest BCUT2D eigenvalue weighted by Crippen LogP contribution is 2.10. The van der Waals surface area contributed by atoms with Gasteiger partial charge in [-0.2, -0.15) is 0 Å². The Hall–Kier alpha value is -1.10. The number of amides is 2. The summed E-state index contributed by atoms with van der Waals surface area (Å²) in [6.07, 6.45) is 4.15. The molecular formula is C12H21N3O2. The number of piperidine rings is 1. The van der Waals surface area contributed by atoms with Crippen molar-refractivity contribution in [3.8, 4) is 0 Å². The molecule has 2 saturated heterocycles. The number of rotatable bonds is 3. The fraction of sp³-hybridized carbons (Fsp3) is 0.833. The van der Waals surface area contributed by atoms with Gasteiger partial charge in [0.05, 0.1) is 12.5 Å². The second-order valence-electron chi connectivity index (χ2n) is 4.85. The first kappa shape index (κ1) is 12.4. The van der Waals surface area contributed by atoms with Gasteiger partial charge in [0.1, 0.15) is 0 Å². The predicted octanol–water partition coefficient (Wildman–Crippen LogP) is -0.275. The van der Waals surface area contributed by atoms with Crippen molar-refractivity contribution in [2.24, 2.45) is 5.92 Å². The van der Waals surface area contributed by atoms with E-state index in [-0.39, 0.29) is 24.3 Å². The highest BCUT2D eigenvalue weighted by molar-refractivity contribution is 5.86. The number of hydrogen-bond donors (Lipinski definition) is 2. The minimum Gasteiger partial charge on any atom is -0.347 e. The van der Waals surface area contributed by atoms with E-state index in [4.69, 9.17) is 0 Å². The van der Waals surface area contributed by atoms with Crippen LogP contribution in [0.5, 0.6) is 0 Å². The molecule has 2 fully saturated rings. The molecule has 0 bridgehead atoms. The molecule has 2 heterocycles. The zero-order valence-electron chi connectivity index (χ0n) is 10.2. The molecule has 2 rings (SSSR count). The maximum atomic E-state index is 11.8. The molecule has 5 heteroatoms. The summed E-state index contributed by atoms with van der Waals surface area (Å²) in [5.74, 6) is 0.111. The topological polar surface area (TPSA) is 61.4 Å². The summed E-state index contributed by atoms with van der Waals surface area (Å²) in [6.45, 7) is 3.59. The molecule has 5 nitrogen and oxygen atoms in total. The number of hydrogen-bond acceptors (Lipinski definition) is 3. The Bertz CT molecular complexity index is 281. The quantitative estimate of drug-likeness (QED) is 0.712. The van der Waals surface area contributed by atoms with Crippen LogP contribution in [0.1, 0.15) is 25.7 Å². The van der Waals surface area contributed by atoms with Crippen molar-refractivity contribution in [2.45, 2.75) is 25.7 Å². The summed E-state index contributed by atoms with van der Waals surface area (Å²) in [5.41, 5.74) is 0. The normalized spacial score (nSPS) is 24.7. The van der Waals surface area contributed by atoms with Crippen LogP contribution in [0.25, 0.3) is 0 Å². The largest absolute Gasteiger partial charge is 0.347 e. The zero-order valence-corrected chi connectivity index (χ0v) is 10.2. The monoisotopic (exact) mass is 239 g/mol. The van der Waals surface area contributed by atoms with E-state index in [1.54, 1.807) is 0 Å². The molecule has 0 aromatic carbocycles. The minimum absolute atomic E-state index is 0.0183. The van der Waals surface area contributed by atoms with Crippen LogP contribution in [-0.4, -0.2) is 49.4 Å². The molecule has 2 amide bonds. The summed E-state index contributed by atoms with van der Waals surface area (Å²) in [4.78, 5) is 25.4. The van der Waals surface area contributed by atoms with E-state index in [1.807, 2.05) is 4.90 Å². The highest BCUT2D eigenvalue weighted by atomic mass is 16.2. The van der Waals surface area contributed by atoms with Crippen LogP contribution < -0.4 is 10.6 Å². The van der Waals surface area contributed by atoms with Gasteiger partial charge < -0.3 is 15.5 Å². The average Bonchev–Trinajstić information content (AvgIpc) is 2.90. The van der Waals surface area contributed by atoms with Gasteiger partial charge in [0.25, 0.3) is 0 Å². The Kier molecular flexibility index (Phi) is 4.36. The number of carbonyl (C=O) groups excluding carboxylic acids is 2. The Morgan fingerprint density at radius 3 is 2.65 bits per heavy atom. The lowest BCUT2D eigenvalue weighted by Gasteiger charge is -2.22. The van der Waals surface area contributed by atoms with Crippen LogP contribution in [0.2, 0.25) is 0 Å². The summed E-state index contributed by atoms with van der Waals surface area (Å²) in [7, 11) is 0. The molecule has 0 saturated carbocycles. The Labute approximate surface area is 102 Å². The lowest BCUT2D eigenvalue weighted by Crippen LogP contribution is -2.44. The Morgan fingerprint density at radius 2 is 2.00 bits per heavy atom. The molecule has 96 valence electrons. The molecule has 2 aliphatic rings. The van der Waals surface area contributed by atoms with Crippen LogP contribution in [-0.2, 0) is 9.59 Å². The van der Waals surface area contributed by atoms with E-state index >= 15 is 0 Å². The zero-order chi connectivity index (χ0) is 12.1. The predicted molar refractivity (Wildman–Crippen MR) is 64.4 cm³/mol. The lowest BCUT2D eigenvalue weighted by atomic mass is 9.99. The second-order valence-corrected chi connectivity index (χ2v) is 4.85. The third kappa shape index (κ3) is 3.43. The fourth-order valence-corrected chi connectivity index (χ4v) is 2.46. The number of likely N-dealkylation sites (tertiary alicyclic amines) is 1.